The molecule has 1 aliphatic rings. The minimum Gasteiger partial charge on any atom is -0.481 e. The van der Waals surface area contributed by atoms with E-state index in [9.17, 15) is 9.59 Å². The number of hydrogen-bond acceptors (Lipinski definition) is 5. The van der Waals surface area contributed by atoms with E-state index in [0.29, 0.717) is 29.4 Å². The molecule has 0 saturated heterocycles. The van der Waals surface area contributed by atoms with Crippen LogP contribution in [0.15, 0.2) is 24.5 Å². The van der Waals surface area contributed by atoms with Gasteiger partial charge in [-0.1, -0.05) is 0 Å². The van der Waals surface area contributed by atoms with Crippen molar-refractivity contribution >= 4 is 17.6 Å². The molecule has 1 fully saturated rings. The highest BCUT2D eigenvalue weighted by Crippen LogP contribution is 2.40. The smallest absolute Gasteiger partial charge is 0.307 e. The van der Waals surface area contributed by atoms with Crippen molar-refractivity contribution in [3.05, 3.63) is 30.2 Å². The maximum absolute atomic E-state index is 12.2. The van der Waals surface area contributed by atoms with Crippen molar-refractivity contribution in [1.82, 2.24) is 14.8 Å². The van der Waals surface area contributed by atoms with Gasteiger partial charge in [-0.3, -0.25) is 14.6 Å². The van der Waals surface area contributed by atoms with Crippen molar-refractivity contribution in [2.24, 2.45) is 18.9 Å². The fraction of sp³-hybridized carbons (Fsp3) is 0.333. The number of aliphatic carboxylic acids is 1. The summed E-state index contributed by atoms with van der Waals surface area (Å²) in [7, 11) is 1.70. The molecule has 120 valence electrons. The van der Waals surface area contributed by atoms with E-state index in [2.05, 4.69) is 15.4 Å². The molecule has 8 heteroatoms. The summed E-state index contributed by atoms with van der Waals surface area (Å²) < 4.78 is 7.26. The third-order valence-electron chi connectivity index (χ3n) is 3.71. The number of carboxylic acid groups (broad SMARTS) is 1. The highest BCUT2D eigenvalue weighted by molar-refractivity contribution is 5.99. The van der Waals surface area contributed by atoms with Gasteiger partial charge >= 0.3 is 5.97 Å². The van der Waals surface area contributed by atoms with Crippen LogP contribution in [0.1, 0.15) is 12.1 Å². The van der Waals surface area contributed by atoms with Gasteiger partial charge in [0.1, 0.15) is 11.4 Å². The normalized spacial score (nSPS) is 19.2. The summed E-state index contributed by atoms with van der Waals surface area (Å²) >= 11 is 0. The maximum Gasteiger partial charge on any atom is 0.307 e. The summed E-state index contributed by atoms with van der Waals surface area (Å²) in [5.41, 5.74) is 1.03. The van der Waals surface area contributed by atoms with Gasteiger partial charge in [0.15, 0.2) is 0 Å². The number of nitrogens with one attached hydrogen (secondary N) is 1. The first-order valence-electron chi connectivity index (χ1n) is 7.12. The van der Waals surface area contributed by atoms with E-state index < -0.39 is 17.8 Å². The Kier molecular flexibility index (Phi) is 3.73. The van der Waals surface area contributed by atoms with Gasteiger partial charge in [-0.25, -0.2) is 4.68 Å². The van der Waals surface area contributed by atoms with Crippen LogP contribution < -0.4 is 10.1 Å². The van der Waals surface area contributed by atoms with Crippen LogP contribution in [0.2, 0.25) is 0 Å². The zero-order chi connectivity index (χ0) is 16.6. The van der Waals surface area contributed by atoms with Gasteiger partial charge in [0.25, 0.3) is 0 Å². The lowest BCUT2D eigenvalue weighted by Gasteiger charge is -2.09. The van der Waals surface area contributed by atoms with E-state index in [4.69, 9.17) is 9.84 Å². The first-order valence-corrected chi connectivity index (χ1v) is 7.12. The van der Waals surface area contributed by atoms with Crippen molar-refractivity contribution in [2.75, 3.05) is 5.32 Å². The van der Waals surface area contributed by atoms with Gasteiger partial charge in [0.05, 0.1) is 23.7 Å². The van der Waals surface area contributed by atoms with Crippen LogP contribution in [0.4, 0.5) is 5.69 Å². The molecule has 0 radical (unpaired) electrons. The van der Waals surface area contributed by atoms with E-state index in [0.717, 1.165) is 0 Å². The number of ether oxygens (including phenoxy) is 1. The average molecular weight is 316 g/mol. The van der Waals surface area contributed by atoms with Gasteiger partial charge in [-0.15, -0.1) is 0 Å². The summed E-state index contributed by atoms with van der Waals surface area (Å²) in [6.45, 7) is 1.74. The number of aromatic nitrogens is 3. The van der Waals surface area contributed by atoms with E-state index in [1.165, 1.54) is 4.68 Å². The van der Waals surface area contributed by atoms with Gasteiger partial charge in [0.2, 0.25) is 11.8 Å². The second kappa shape index (κ2) is 5.71. The first-order chi connectivity index (χ1) is 11.0. The number of nitrogens with zero attached hydrogens (tertiary/aromatic N) is 3. The summed E-state index contributed by atoms with van der Waals surface area (Å²) in [5.74, 6) is -1.49. The largest absolute Gasteiger partial charge is 0.481 e. The fourth-order valence-electron chi connectivity index (χ4n) is 2.39. The molecule has 2 heterocycles. The highest BCUT2D eigenvalue weighted by atomic mass is 16.5. The van der Waals surface area contributed by atoms with Crippen LogP contribution in [-0.2, 0) is 16.6 Å². The molecule has 0 bridgehead atoms. The standard InChI is InChI=1S/C15H16N4O4/c1-8-12(17-13(20)10-6-11(10)15(21)22)14(19(2)18-8)23-9-4-3-5-16-7-9/h3-5,7,10-11H,6H2,1-2H3,(H,17,20)(H,21,22)/t10-,11-/m1/s1. The number of rotatable bonds is 5. The zero-order valence-electron chi connectivity index (χ0n) is 12.7. The number of anilines is 1. The lowest BCUT2D eigenvalue weighted by molar-refractivity contribution is -0.139. The molecule has 1 amide bonds. The van der Waals surface area contributed by atoms with E-state index in [1.807, 2.05) is 0 Å². The molecular formula is C15H16N4O4. The Hall–Kier alpha value is -2.90. The summed E-state index contributed by atoms with van der Waals surface area (Å²) in [6.07, 6.45) is 3.54. The first kappa shape index (κ1) is 15.0. The number of aryl methyl sites for hydroxylation is 2. The Morgan fingerprint density at radius 1 is 1.43 bits per heavy atom. The molecule has 2 N–H and O–H groups in total. The average Bonchev–Trinajstić information content (AvgIpc) is 3.27. The Labute approximate surface area is 132 Å². The molecule has 0 unspecified atom stereocenters. The molecule has 23 heavy (non-hydrogen) atoms. The zero-order valence-corrected chi connectivity index (χ0v) is 12.7. The van der Waals surface area contributed by atoms with Crippen LogP contribution >= 0.6 is 0 Å². The van der Waals surface area contributed by atoms with Crippen molar-refractivity contribution in [2.45, 2.75) is 13.3 Å². The molecule has 2 atom stereocenters. The molecule has 8 nitrogen and oxygen atoms in total. The minimum atomic E-state index is -0.945. The second-order valence-corrected chi connectivity index (χ2v) is 5.46. The minimum absolute atomic E-state index is 0.329. The topological polar surface area (TPSA) is 106 Å². The summed E-state index contributed by atoms with van der Waals surface area (Å²) in [5, 5.41) is 15.9. The molecule has 0 aliphatic heterocycles. The molecule has 2 aromatic heterocycles. The van der Waals surface area contributed by atoms with E-state index >= 15 is 0 Å². The van der Waals surface area contributed by atoms with Crippen LogP contribution in [0, 0.1) is 18.8 Å². The quantitative estimate of drug-likeness (QED) is 0.867. The molecule has 1 saturated carbocycles. The number of hydrogen-bond donors (Lipinski definition) is 2. The molecule has 0 spiro atoms. The highest BCUT2D eigenvalue weighted by Gasteiger charge is 2.48. The van der Waals surface area contributed by atoms with Crippen LogP contribution in [0.25, 0.3) is 0 Å². The van der Waals surface area contributed by atoms with E-state index in [-0.39, 0.29) is 5.91 Å². The summed E-state index contributed by atoms with van der Waals surface area (Å²) in [4.78, 5) is 27.0. The number of carboxylic acids is 1. The van der Waals surface area contributed by atoms with Crippen LogP contribution in [0.3, 0.4) is 0 Å². The van der Waals surface area contributed by atoms with Gasteiger partial charge < -0.3 is 15.2 Å². The number of amides is 1. The van der Waals surface area contributed by atoms with Crippen molar-refractivity contribution < 1.29 is 19.4 Å². The maximum atomic E-state index is 12.2. The molecule has 3 rings (SSSR count). The Bertz CT molecular complexity index is 756. The lowest BCUT2D eigenvalue weighted by atomic mass is 10.3. The Morgan fingerprint density at radius 3 is 2.83 bits per heavy atom. The third kappa shape index (κ3) is 3.01. The predicted molar refractivity (Wildman–Crippen MR) is 80.1 cm³/mol. The number of carbonyl (C=O) groups is 2. The second-order valence-electron chi connectivity index (χ2n) is 5.46. The molecule has 1 aliphatic carbocycles. The Morgan fingerprint density at radius 2 is 2.22 bits per heavy atom. The van der Waals surface area contributed by atoms with Crippen molar-refractivity contribution in [3.63, 3.8) is 0 Å². The lowest BCUT2D eigenvalue weighted by Crippen LogP contribution is -2.17. The van der Waals surface area contributed by atoms with Crippen LogP contribution in [-0.4, -0.2) is 31.7 Å². The summed E-state index contributed by atoms with van der Waals surface area (Å²) in [6, 6.07) is 3.47. The van der Waals surface area contributed by atoms with Gasteiger partial charge in [-0.2, -0.15) is 5.10 Å². The number of pyridine rings is 1. The molecule has 2 aromatic rings. The van der Waals surface area contributed by atoms with Crippen molar-refractivity contribution in [3.8, 4) is 11.6 Å². The predicted octanol–water partition coefficient (Wildman–Crippen LogP) is 1.58. The SMILES string of the molecule is Cc1nn(C)c(Oc2cccnc2)c1NC(=O)[C@@H]1C[C@H]1C(=O)O. The van der Waals surface area contributed by atoms with Gasteiger partial charge in [-0.05, 0) is 25.5 Å². The monoisotopic (exact) mass is 316 g/mol. The number of carbonyl (C=O) groups excluding carboxylic acids is 1. The fourth-order valence-corrected chi connectivity index (χ4v) is 2.39. The molecular weight excluding hydrogens is 300 g/mol. The van der Waals surface area contributed by atoms with E-state index in [1.54, 1.807) is 38.5 Å². The van der Waals surface area contributed by atoms with Crippen molar-refractivity contribution in [1.29, 1.82) is 0 Å². The Balaban J connectivity index is 1.79. The van der Waals surface area contributed by atoms with Crippen LogP contribution in [0.5, 0.6) is 11.6 Å². The van der Waals surface area contributed by atoms with Gasteiger partial charge in [0, 0.05) is 13.2 Å². The molecule has 0 aromatic carbocycles. The third-order valence-corrected chi connectivity index (χ3v) is 3.71.